The summed E-state index contributed by atoms with van der Waals surface area (Å²) in [6.07, 6.45) is 1.81. The van der Waals surface area contributed by atoms with Crippen LogP contribution < -0.4 is 14.8 Å². The van der Waals surface area contributed by atoms with E-state index in [-0.39, 0.29) is 19.2 Å². The summed E-state index contributed by atoms with van der Waals surface area (Å²) in [6, 6.07) is 8.35. The molecule has 1 aromatic carbocycles. The number of nitrogens with one attached hydrogen (secondary N) is 1. The smallest absolute Gasteiger partial charge is 0.252 e. The van der Waals surface area contributed by atoms with Crippen molar-refractivity contribution in [3.63, 3.8) is 0 Å². The van der Waals surface area contributed by atoms with Gasteiger partial charge in [0.1, 0.15) is 4.21 Å². The van der Waals surface area contributed by atoms with Crippen LogP contribution in [-0.4, -0.2) is 38.5 Å². The lowest BCUT2D eigenvalue weighted by atomic mass is 10.2. The van der Waals surface area contributed by atoms with Crippen molar-refractivity contribution in [3.8, 4) is 11.5 Å². The Morgan fingerprint density at radius 3 is 2.69 bits per heavy atom. The maximum Gasteiger partial charge on any atom is 0.252 e. The lowest BCUT2D eigenvalue weighted by Gasteiger charge is -2.13. The molecule has 0 spiro atoms. The minimum Gasteiger partial charge on any atom is -0.454 e. The van der Waals surface area contributed by atoms with Gasteiger partial charge in [0.25, 0.3) is 15.9 Å². The first-order valence-electron chi connectivity index (χ1n) is 8.31. The predicted octanol–water partition coefficient (Wildman–Crippen LogP) is 2.19. The number of rotatable bonds is 5. The van der Waals surface area contributed by atoms with E-state index in [4.69, 9.17) is 9.47 Å². The number of sulfonamides is 1. The average molecular weight is 394 g/mol. The van der Waals surface area contributed by atoms with Gasteiger partial charge in [-0.1, -0.05) is 0 Å². The molecule has 4 rings (SSSR count). The second kappa shape index (κ2) is 6.90. The summed E-state index contributed by atoms with van der Waals surface area (Å²) in [5, 5.41) is 2.81. The van der Waals surface area contributed by atoms with Gasteiger partial charge in [-0.05, 0) is 43.2 Å². The molecular weight excluding hydrogens is 376 g/mol. The van der Waals surface area contributed by atoms with Crippen molar-refractivity contribution in [2.24, 2.45) is 0 Å². The zero-order valence-electron chi connectivity index (χ0n) is 13.9. The van der Waals surface area contributed by atoms with Gasteiger partial charge in [0.05, 0.1) is 6.54 Å². The number of ether oxygens (including phenoxy) is 2. The molecule has 26 heavy (non-hydrogen) atoms. The highest BCUT2D eigenvalue weighted by atomic mass is 32.2. The highest BCUT2D eigenvalue weighted by molar-refractivity contribution is 7.91. The number of benzene rings is 1. The van der Waals surface area contributed by atoms with Gasteiger partial charge in [-0.2, -0.15) is 4.31 Å². The molecule has 0 saturated carbocycles. The number of carbonyl (C=O) groups excluding carboxylic acids is 1. The number of fused-ring (bicyclic) bond motifs is 1. The van der Waals surface area contributed by atoms with E-state index < -0.39 is 10.0 Å². The van der Waals surface area contributed by atoms with E-state index in [2.05, 4.69) is 5.32 Å². The van der Waals surface area contributed by atoms with Crippen LogP contribution in [0, 0.1) is 0 Å². The summed E-state index contributed by atoms with van der Waals surface area (Å²) < 4.78 is 37.4. The Morgan fingerprint density at radius 2 is 1.88 bits per heavy atom. The van der Waals surface area contributed by atoms with E-state index in [1.165, 1.54) is 15.6 Å². The number of hydrogen-bond donors (Lipinski definition) is 1. The SMILES string of the molecule is O=C(NCc1ccc(S(=O)(=O)N2CCCC2)s1)c1ccc2c(c1)OCO2. The molecule has 2 aliphatic rings. The average Bonchev–Trinajstić information content (AvgIpc) is 3.40. The number of nitrogens with zero attached hydrogens (tertiary/aromatic N) is 1. The number of carbonyl (C=O) groups is 1. The van der Waals surface area contributed by atoms with Crippen LogP contribution in [0.1, 0.15) is 28.1 Å². The van der Waals surface area contributed by atoms with Crippen molar-refractivity contribution in [1.82, 2.24) is 9.62 Å². The van der Waals surface area contributed by atoms with E-state index in [1.54, 1.807) is 30.3 Å². The molecule has 9 heteroatoms. The van der Waals surface area contributed by atoms with E-state index >= 15 is 0 Å². The fraction of sp³-hybridized carbons (Fsp3) is 0.353. The Hall–Kier alpha value is -2.10. The third kappa shape index (κ3) is 3.29. The van der Waals surface area contributed by atoms with E-state index in [0.29, 0.717) is 34.4 Å². The van der Waals surface area contributed by atoms with Gasteiger partial charge in [-0.15, -0.1) is 11.3 Å². The minimum atomic E-state index is -3.41. The molecule has 1 saturated heterocycles. The fourth-order valence-electron chi connectivity index (χ4n) is 2.95. The predicted molar refractivity (Wildman–Crippen MR) is 96.0 cm³/mol. The van der Waals surface area contributed by atoms with Crippen molar-refractivity contribution in [2.45, 2.75) is 23.6 Å². The first kappa shape index (κ1) is 17.3. The highest BCUT2D eigenvalue weighted by Gasteiger charge is 2.28. The van der Waals surface area contributed by atoms with E-state index in [0.717, 1.165) is 17.7 Å². The standard InChI is InChI=1S/C17H18N2O5S2/c20-17(12-3-5-14-15(9-12)24-11-23-14)18-10-13-4-6-16(25-13)26(21,22)19-7-1-2-8-19/h3-6,9H,1-2,7-8,10-11H2,(H,18,20). The number of hydrogen-bond acceptors (Lipinski definition) is 6. The molecule has 1 fully saturated rings. The highest BCUT2D eigenvalue weighted by Crippen LogP contribution is 2.32. The molecule has 1 amide bonds. The molecule has 138 valence electrons. The summed E-state index contributed by atoms with van der Waals surface area (Å²) in [7, 11) is -3.41. The van der Waals surface area contributed by atoms with E-state index in [1.807, 2.05) is 0 Å². The molecule has 0 bridgehead atoms. The number of amides is 1. The summed E-state index contributed by atoms with van der Waals surface area (Å²) in [5.41, 5.74) is 0.468. The van der Waals surface area contributed by atoms with Gasteiger partial charge in [0.2, 0.25) is 6.79 Å². The van der Waals surface area contributed by atoms with Crippen molar-refractivity contribution in [2.75, 3.05) is 19.9 Å². The zero-order valence-corrected chi connectivity index (χ0v) is 15.6. The van der Waals surface area contributed by atoms with Crippen LogP contribution in [0.4, 0.5) is 0 Å². The lowest BCUT2D eigenvalue weighted by Crippen LogP contribution is -2.27. The third-order valence-electron chi connectivity index (χ3n) is 4.35. The maximum absolute atomic E-state index is 12.5. The van der Waals surface area contributed by atoms with Gasteiger partial charge in [0, 0.05) is 23.5 Å². The molecule has 0 atom stereocenters. The second-order valence-electron chi connectivity index (χ2n) is 6.08. The van der Waals surface area contributed by atoms with Gasteiger partial charge < -0.3 is 14.8 Å². The van der Waals surface area contributed by atoms with E-state index in [9.17, 15) is 13.2 Å². The summed E-state index contributed by atoms with van der Waals surface area (Å²) in [6.45, 7) is 1.59. The molecule has 3 heterocycles. The van der Waals surface area contributed by atoms with Crippen LogP contribution in [0.5, 0.6) is 11.5 Å². The van der Waals surface area contributed by atoms with Crippen LogP contribution in [-0.2, 0) is 16.6 Å². The fourth-order valence-corrected chi connectivity index (χ4v) is 5.92. The van der Waals surface area contributed by atoms with Crippen molar-refractivity contribution < 1.29 is 22.7 Å². The Kier molecular flexibility index (Phi) is 4.60. The molecule has 0 unspecified atom stereocenters. The first-order chi connectivity index (χ1) is 12.5. The Labute approximate surface area is 155 Å². The van der Waals surface area contributed by atoms with Crippen LogP contribution >= 0.6 is 11.3 Å². The van der Waals surface area contributed by atoms with Crippen LogP contribution in [0.2, 0.25) is 0 Å². The Balaban J connectivity index is 1.41. The molecule has 7 nitrogen and oxygen atoms in total. The lowest BCUT2D eigenvalue weighted by molar-refractivity contribution is 0.0951. The summed E-state index contributed by atoms with van der Waals surface area (Å²) in [4.78, 5) is 13.1. The summed E-state index contributed by atoms with van der Waals surface area (Å²) in [5.74, 6) is 0.921. The van der Waals surface area contributed by atoms with Crippen LogP contribution in [0.3, 0.4) is 0 Å². The Morgan fingerprint density at radius 1 is 1.12 bits per heavy atom. The molecule has 0 aliphatic carbocycles. The van der Waals surface area contributed by atoms with Gasteiger partial charge in [-0.25, -0.2) is 8.42 Å². The van der Waals surface area contributed by atoms with Gasteiger partial charge >= 0.3 is 0 Å². The zero-order chi connectivity index (χ0) is 18.1. The number of thiophene rings is 1. The minimum absolute atomic E-state index is 0.157. The molecule has 2 aromatic rings. The Bertz CT molecular complexity index is 932. The monoisotopic (exact) mass is 394 g/mol. The van der Waals surface area contributed by atoms with Crippen molar-refractivity contribution in [1.29, 1.82) is 0 Å². The molecular formula is C17H18N2O5S2. The van der Waals surface area contributed by atoms with Crippen molar-refractivity contribution in [3.05, 3.63) is 40.8 Å². The second-order valence-corrected chi connectivity index (χ2v) is 9.42. The summed E-state index contributed by atoms with van der Waals surface area (Å²) >= 11 is 1.19. The largest absolute Gasteiger partial charge is 0.454 e. The third-order valence-corrected chi connectivity index (χ3v) is 7.81. The van der Waals surface area contributed by atoms with Crippen molar-refractivity contribution >= 4 is 27.3 Å². The topological polar surface area (TPSA) is 84.9 Å². The normalized spacial score (nSPS) is 16.8. The molecule has 0 radical (unpaired) electrons. The van der Waals surface area contributed by atoms with Gasteiger partial charge in [0.15, 0.2) is 11.5 Å². The molecule has 1 aromatic heterocycles. The first-order valence-corrected chi connectivity index (χ1v) is 10.6. The molecule has 1 N–H and O–H groups in total. The van der Waals surface area contributed by atoms with Gasteiger partial charge in [-0.3, -0.25) is 4.79 Å². The van der Waals surface area contributed by atoms with Crippen LogP contribution in [0.15, 0.2) is 34.5 Å². The van der Waals surface area contributed by atoms with Crippen LogP contribution in [0.25, 0.3) is 0 Å². The maximum atomic E-state index is 12.5. The molecule has 2 aliphatic heterocycles. The quantitative estimate of drug-likeness (QED) is 0.840.